The lowest BCUT2D eigenvalue weighted by Gasteiger charge is -2.31. The average molecular weight is 924 g/mol. The Kier molecular flexibility index (Phi) is 17.8. The van der Waals surface area contributed by atoms with Gasteiger partial charge < -0.3 is 52.2 Å². The molecule has 3 aromatic carbocycles. The van der Waals surface area contributed by atoms with Crippen molar-refractivity contribution in [2.24, 2.45) is 11.8 Å². The summed E-state index contributed by atoms with van der Waals surface area (Å²) in [5.74, 6) is -9.41. The Morgan fingerprint density at radius 1 is 0.657 bits per heavy atom. The van der Waals surface area contributed by atoms with E-state index in [0.717, 1.165) is 33.2 Å². The van der Waals surface area contributed by atoms with Gasteiger partial charge in [-0.05, 0) is 65.0 Å². The van der Waals surface area contributed by atoms with Crippen molar-refractivity contribution in [1.82, 2.24) is 36.9 Å². The van der Waals surface area contributed by atoms with Crippen LogP contribution >= 0.6 is 0 Å². The number of carbonyl (C=O) groups excluding carboxylic acids is 6. The maximum atomic E-state index is 14.5. The second-order valence-corrected chi connectivity index (χ2v) is 17.5. The molecule has 67 heavy (non-hydrogen) atoms. The van der Waals surface area contributed by atoms with Gasteiger partial charge in [0.2, 0.25) is 35.4 Å². The number of nitrogens with one attached hydrogen (secondary N) is 7. The van der Waals surface area contributed by atoms with Crippen molar-refractivity contribution in [3.05, 3.63) is 107 Å². The van der Waals surface area contributed by atoms with E-state index in [4.69, 9.17) is 0 Å². The number of H-pyrrole nitrogens is 1. The van der Waals surface area contributed by atoms with E-state index < -0.39 is 108 Å². The van der Waals surface area contributed by atoms with Gasteiger partial charge in [0.1, 0.15) is 36.3 Å². The number of aromatic nitrogens is 1. The monoisotopic (exact) mass is 923 g/mol. The third-order valence-electron chi connectivity index (χ3n) is 12.1. The molecule has 0 radical (unpaired) electrons. The molecule has 358 valence electrons. The molecule has 0 saturated heterocycles. The zero-order valence-electron chi connectivity index (χ0n) is 38.3. The number of aromatic amines is 1. The summed E-state index contributed by atoms with van der Waals surface area (Å²) >= 11 is 0. The van der Waals surface area contributed by atoms with Crippen molar-refractivity contribution in [1.29, 1.82) is 0 Å². The van der Waals surface area contributed by atoms with Crippen LogP contribution in [0.1, 0.15) is 87.6 Å². The molecule has 4 aromatic rings. The number of aliphatic hydroxyl groups excluding tert-OH is 1. The number of fused-ring (bicyclic) bond motifs is 3. The fourth-order valence-electron chi connectivity index (χ4n) is 8.47. The van der Waals surface area contributed by atoms with Crippen LogP contribution in [0.4, 0.5) is 0 Å². The Morgan fingerprint density at radius 2 is 1.19 bits per heavy atom. The second-order valence-electron chi connectivity index (χ2n) is 17.5. The third-order valence-corrected chi connectivity index (χ3v) is 12.1. The second kappa shape index (κ2) is 23.4. The van der Waals surface area contributed by atoms with Gasteiger partial charge >= 0.3 is 11.9 Å². The highest BCUT2D eigenvalue weighted by Crippen LogP contribution is 2.37. The van der Waals surface area contributed by atoms with Gasteiger partial charge in [0, 0.05) is 36.4 Å². The van der Waals surface area contributed by atoms with Crippen LogP contribution in [0, 0.1) is 11.8 Å². The highest BCUT2D eigenvalue weighted by molar-refractivity contribution is 5.98. The topological polar surface area (TPSA) is 285 Å². The predicted molar refractivity (Wildman–Crippen MR) is 247 cm³/mol. The molecule has 5 rings (SSSR count). The maximum absolute atomic E-state index is 14.5. The van der Waals surface area contributed by atoms with Gasteiger partial charge in [0.05, 0.1) is 13.0 Å². The lowest BCUT2D eigenvalue weighted by Crippen LogP contribution is -2.61. The van der Waals surface area contributed by atoms with Gasteiger partial charge in [-0.25, -0.2) is 4.79 Å². The number of aryl methyl sites for hydroxylation is 2. The molecule has 10 N–H and O–H groups in total. The molecule has 7 atom stereocenters. The SMILES string of the molecule is CC[C@H](C)[C@H](NC(=O)[C@H](CO)NC(=O)[C@H](CC(=O)O)NC(=O)[C@H](CC(C)C)NC(=O)[C@H](NC(C)=O)C1c2ccccc2CCc2ccccc21)C(=O)N[C@@H](Cc1c[nH]c2ccccc12)C(=O)O. The first kappa shape index (κ1) is 50.9. The van der Waals surface area contributed by atoms with Gasteiger partial charge in [0.15, 0.2) is 0 Å². The number of hydrogen-bond donors (Lipinski definition) is 10. The summed E-state index contributed by atoms with van der Waals surface area (Å²) in [6.07, 6.45) is 2.37. The largest absolute Gasteiger partial charge is 0.481 e. The standard InChI is InChI=1S/C49H61N7O11/c1-6-27(4)42(47(64)54-38(49(66)67)22-31-24-50-35-18-12-11-15-32(31)35)56-46(63)39(25-57)55-45(62)37(23-40(59)60)52-44(61)36(21-26(2)3)53-48(65)43(51-28(5)58)41-33-16-9-7-13-29(33)19-20-30-14-8-10-17-34(30)41/h7-18,24,26-27,36-39,41-43,50,57H,6,19-23,25H2,1-5H3,(H,51,58)(H,52,61)(H,53,65)(H,54,64)(H,55,62)(H,56,63)(H,59,60)(H,66,67)/t27-,36-,37-,38-,39-,42-,43+/m0/s1. The van der Waals surface area contributed by atoms with E-state index in [2.05, 4.69) is 36.9 Å². The fraction of sp³-hybridized carbons (Fsp3) is 0.429. The molecule has 0 unspecified atom stereocenters. The summed E-state index contributed by atoms with van der Waals surface area (Å²) < 4.78 is 0. The molecule has 0 saturated carbocycles. The zero-order chi connectivity index (χ0) is 48.9. The van der Waals surface area contributed by atoms with Gasteiger partial charge in [-0.1, -0.05) is 101 Å². The Bertz CT molecular complexity index is 2400. The van der Waals surface area contributed by atoms with Crippen LogP contribution in [0.3, 0.4) is 0 Å². The van der Waals surface area contributed by atoms with Crippen molar-refractivity contribution in [3.63, 3.8) is 0 Å². The smallest absolute Gasteiger partial charge is 0.326 e. The van der Waals surface area contributed by atoms with Gasteiger partial charge in [-0.2, -0.15) is 0 Å². The van der Waals surface area contributed by atoms with E-state index in [1.807, 2.05) is 66.7 Å². The first-order valence-electron chi connectivity index (χ1n) is 22.5. The summed E-state index contributed by atoms with van der Waals surface area (Å²) in [6.45, 7) is 7.24. The van der Waals surface area contributed by atoms with Gasteiger partial charge in [-0.3, -0.25) is 33.6 Å². The number of rotatable bonds is 22. The summed E-state index contributed by atoms with van der Waals surface area (Å²) in [6, 6.07) is 13.7. The molecular formula is C49H61N7O11. The normalized spacial score (nSPS) is 15.4. The maximum Gasteiger partial charge on any atom is 0.326 e. The molecule has 18 nitrogen and oxygen atoms in total. The Hall–Kier alpha value is -7.08. The molecule has 1 aliphatic rings. The lowest BCUT2D eigenvalue weighted by molar-refractivity contribution is -0.142. The van der Waals surface area contributed by atoms with E-state index in [-0.39, 0.29) is 18.8 Å². The van der Waals surface area contributed by atoms with Crippen molar-refractivity contribution in [2.75, 3.05) is 6.61 Å². The predicted octanol–water partition coefficient (Wildman–Crippen LogP) is 2.21. The molecule has 0 fully saturated rings. The van der Waals surface area contributed by atoms with Gasteiger partial charge in [-0.15, -0.1) is 0 Å². The summed E-state index contributed by atoms with van der Waals surface area (Å²) in [5.41, 5.74) is 5.05. The highest BCUT2D eigenvalue weighted by Gasteiger charge is 2.39. The van der Waals surface area contributed by atoms with E-state index >= 15 is 0 Å². The lowest BCUT2D eigenvalue weighted by atomic mass is 9.82. The van der Waals surface area contributed by atoms with E-state index in [1.165, 1.54) is 6.92 Å². The van der Waals surface area contributed by atoms with Crippen LogP contribution in [0.5, 0.6) is 0 Å². The third kappa shape index (κ3) is 13.3. The molecule has 0 bridgehead atoms. The van der Waals surface area contributed by atoms with Crippen LogP contribution in [0.25, 0.3) is 10.9 Å². The van der Waals surface area contributed by atoms with Crippen molar-refractivity contribution in [3.8, 4) is 0 Å². The number of hydrogen-bond acceptors (Lipinski definition) is 9. The number of carboxylic acids is 2. The molecule has 1 heterocycles. The number of benzene rings is 3. The fourth-order valence-corrected chi connectivity index (χ4v) is 8.47. The van der Waals surface area contributed by atoms with Crippen LogP contribution in [-0.4, -0.2) is 111 Å². The first-order valence-corrected chi connectivity index (χ1v) is 22.5. The minimum Gasteiger partial charge on any atom is -0.481 e. The number of amides is 6. The molecule has 18 heteroatoms. The van der Waals surface area contributed by atoms with Crippen molar-refractivity contribution in [2.45, 2.75) is 115 Å². The molecule has 0 aliphatic heterocycles. The average Bonchev–Trinajstić information content (AvgIpc) is 3.62. The van der Waals surface area contributed by atoms with E-state index in [1.54, 1.807) is 40.0 Å². The number of aliphatic carboxylic acids is 2. The van der Waals surface area contributed by atoms with Crippen LogP contribution < -0.4 is 31.9 Å². The quantitative estimate of drug-likeness (QED) is 0.0546. The van der Waals surface area contributed by atoms with Crippen LogP contribution in [0.15, 0.2) is 79.0 Å². The number of aliphatic hydroxyl groups is 1. The highest BCUT2D eigenvalue weighted by atomic mass is 16.4. The number of carbonyl (C=O) groups is 8. The Morgan fingerprint density at radius 3 is 1.76 bits per heavy atom. The van der Waals surface area contributed by atoms with Crippen molar-refractivity contribution < 1.29 is 53.7 Å². The van der Waals surface area contributed by atoms with E-state index in [0.29, 0.717) is 24.8 Å². The van der Waals surface area contributed by atoms with Crippen molar-refractivity contribution >= 4 is 58.3 Å². The van der Waals surface area contributed by atoms with Crippen LogP contribution in [-0.2, 0) is 57.6 Å². The summed E-state index contributed by atoms with van der Waals surface area (Å²) in [4.78, 5) is 110. The first-order chi connectivity index (χ1) is 31.9. The molecule has 1 aromatic heterocycles. The summed E-state index contributed by atoms with van der Waals surface area (Å²) in [7, 11) is 0. The summed E-state index contributed by atoms with van der Waals surface area (Å²) in [5, 5.41) is 46.2. The molecule has 0 spiro atoms. The molecular weight excluding hydrogens is 863 g/mol. The Labute approximate surface area is 388 Å². The minimum absolute atomic E-state index is 0.0366. The van der Waals surface area contributed by atoms with Crippen LogP contribution in [0.2, 0.25) is 0 Å². The molecule has 6 amide bonds. The number of carboxylic acid groups (broad SMARTS) is 2. The zero-order valence-corrected chi connectivity index (χ0v) is 38.3. The molecule has 1 aliphatic carbocycles. The number of para-hydroxylation sites is 1. The van der Waals surface area contributed by atoms with E-state index in [9.17, 15) is 53.7 Å². The minimum atomic E-state index is -1.82. The van der Waals surface area contributed by atoms with Gasteiger partial charge in [0.25, 0.3) is 0 Å². The Balaban J connectivity index is 1.32.